The minimum Gasteiger partial charge on any atom is -0.317 e. The fourth-order valence-corrected chi connectivity index (χ4v) is 3.29. The topological polar surface area (TPSA) is 15.3 Å². The van der Waals surface area contributed by atoms with Gasteiger partial charge in [0.15, 0.2) is 0 Å². The summed E-state index contributed by atoms with van der Waals surface area (Å²) in [5.74, 6) is 0. The van der Waals surface area contributed by atoms with Crippen LogP contribution < -0.4 is 5.32 Å². The SMILES string of the molecule is CNC1CC2CC[C@@H](C1)N2C(C)C. The molecule has 2 aliphatic heterocycles. The van der Waals surface area contributed by atoms with Gasteiger partial charge >= 0.3 is 0 Å². The first kappa shape index (κ1) is 9.47. The zero-order valence-corrected chi connectivity index (χ0v) is 9.09. The van der Waals surface area contributed by atoms with Gasteiger partial charge in [0.05, 0.1) is 0 Å². The normalized spacial score (nSPS) is 40.2. The van der Waals surface area contributed by atoms with Crippen molar-refractivity contribution in [1.82, 2.24) is 10.2 Å². The van der Waals surface area contributed by atoms with Gasteiger partial charge in [-0.05, 0) is 46.6 Å². The smallest absolute Gasteiger partial charge is 0.0116 e. The highest BCUT2D eigenvalue weighted by molar-refractivity contribution is 4.98. The monoisotopic (exact) mass is 182 g/mol. The number of piperidine rings is 1. The first-order chi connectivity index (χ1) is 6.22. The van der Waals surface area contributed by atoms with Crippen LogP contribution in [0.25, 0.3) is 0 Å². The molecular formula is C11H22N2. The summed E-state index contributed by atoms with van der Waals surface area (Å²) in [4.78, 5) is 2.74. The zero-order valence-electron chi connectivity index (χ0n) is 9.09. The predicted octanol–water partition coefficient (Wildman–Crippen LogP) is 1.61. The average Bonchev–Trinajstić information content (AvgIpc) is 2.37. The maximum absolute atomic E-state index is 3.44. The van der Waals surface area contributed by atoms with E-state index in [0.717, 1.165) is 24.2 Å². The Morgan fingerprint density at radius 1 is 1.15 bits per heavy atom. The van der Waals surface area contributed by atoms with E-state index in [9.17, 15) is 0 Å². The van der Waals surface area contributed by atoms with Crippen LogP contribution in [-0.2, 0) is 0 Å². The highest BCUT2D eigenvalue weighted by Gasteiger charge is 2.40. The molecule has 0 saturated carbocycles. The van der Waals surface area contributed by atoms with Crippen molar-refractivity contribution in [1.29, 1.82) is 0 Å². The Kier molecular flexibility index (Phi) is 2.61. The molecule has 0 radical (unpaired) electrons. The maximum Gasteiger partial charge on any atom is 0.0116 e. The van der Waals surface area contributed by atoms with E-state index in [1.807, 2.05) is 0 Å². The van der Waals surface area contributed by atoms with E-state index >= 15 is 0 Å². The van der Waals surface area contributed by atoms with Gasteiger partial charge < -0.3 is 5.32 Å². The molecule has 2 rings (SSSR count). The van der Waals surface area contributed by atoms with Crippen molar-refractivity contribution in [3.63, 3.8) is 0 Å². The van der Waals surface area contributed by atoms with Crippen LogP contribution in [0, 0.1) is 0 Å². The Labute approximate surface area is 81.7 Å². The average molecular weight is 182 g/mol. The Bertz CT molecular complexity index is 165. The molecule has 76 valence electrons. The molecule has 0 amide bonds. The fraction of sp³-hybridized carbons (Fsp3) is 1.00. The van der Waals surface area contributed by atoms with Crippen LogP contribution in [0.2, 0.25) is 0 Å². The molecule has 0 aromatic carbocycles. The van der Waals surface area contributed by atoms with Gasteiger partial charge in [-0.25, -0.2) is 0 Å². The Balaban J connectivity index is 2.04. The number of fused-ring (bicyclic) bond motifs is 2. The summed E-state index contributed by atoms with van der Waals surface area (Å²) in [5, 5.41) is 3.44. The van der Waals surface area contributed by atoms with Gasteiger partial charge in [0, 0.05) is 24.2 Å². The first-order valence-corrected chi connectivity index (χ1v) is 5.67. The number of nitrogens with zero attached hydrogens (tertiary/aromatic N) is 1. The molecule has 0 aromatic rings. The van der Waals surface area contributed by atoms with E-state index in [1.165, 1.54) is 25.7 Å². The highest BCUT2D eigenvalue weighted by Crippen LogP contribution is 2.36. The first-order valence-electron chi connectivity index (χ1n) is 5.67. The van der Waals surface area contributed by atoms with Gasteiger partial charge in [-0.15, -0.1) is 0 Å². The standard InChI is InChI=1S/C11H22N2/c1-8(2)13-10-4-5-11(13)7-9(6-10)12-3/h8-12H,4-7H2,1-3H3/t9?,10-,11?/m0/s1. The number of rotatable bonds is 2. The molecule has 13 heavy (non-hydrogen) atoms. The summed E-state index contributed by atoms with van der Waals surface area (Å²) < 4.78 is 0. The van der Waals surface area contributed by atoms with Gasteiger partial charge in [0.1, 0.15) is 0 Å². The van der Waals surface area contributed by atoms with Gasteiger partial charge in [-0.3, -0.25) is 4.90 Å². The van der Waals surface area contributed by atoms with Crippen molar-refractivity contribution in [3.05, 3.63) is 0 Å². The zero-order chi connectivity index (χ0) is 9.42. The summed E-state index contributed by atoms with van der Waals surface area (Å²) in [6.45, 7) is 4.68. The second-order valence-electron chi connectivity index (χ2n) is 4.88. The molecule has 0 aliphatic carbocycles. The van der Waals surface area contributed by atoms with Crippen LogP contribution in [0.15, 0.2) is 0 Å². The molecule has 2 unspecified atom stereocenters. The molecule has 2 nitrogen and oxygen atoms in total. The summed E-state index contributed by atoms with van der Waals surface area (Å²) >= 11 is 0. The third-order valence-electron chi connectivity index (χ3n) is 3.79. The molecule has 2 fully saturated rings. The van der Waals surface area contributed by atoms with Crippen LogP contribution in [0.1, 0.15) is 39.5 Å². The Hall–Kier alpha value is -0.0800. The van der Waals surface area contributed by atoms with Gasteiger partial charge in [0.25, 0.3) is 0 Å². The van der Waals surface area contributed by atoms with Crippen molar-refractivity contribution in [3.8, 4) is 0 Å². The van der Waals surface area contributed by atoms with Crippen LogP contribution in [0.5, 0.6) is 0 Å². The van der Waals surface area contributed by atoms with Crippen molar-refractivity contribution >= 4 is 0 Å². The number of nitrogens with one attached hydrogen (secondary N) is 1. The molecule has 2 bridgehead atoms. The molecule has 1 N–H and O–H groups in total. The summed E-state index contributed by atoms with van der Waals surface area (Å²) in [6, 6.07) is 3.27. The van der Waals surface area contributed by atoms with E-state index in [1.54, 1.807) is 0 Å². The van der Waals surface area contributed by atoms with Crippen LogP contribution in [0.3, 0.4) is 0 Å². The maximum atomic E-state index is 3.44. The highest BCUT2D eigenvalue weighted by atomic mass is 15.2. The van der Waals surface area contributed by atoms with Crippen molar-refractivity contribution < 1.29 is 0 Å². The van der Waals surface area contributed by atoms with Crippen LogP contribution >= 0.6 is 0 Å². The lowest BCUT2D eigenvalue weighted by molar-refractivity contribution is 0.0870. The molecule has 0 aromatic heterocycles. The minimum atomic E-state index is 0.746. The molecule has 2 aliphatic rings. The van der Waals surface area contributed by atoms with Crippen molar-refractivity contribution in [2.24, 2.45) is 0 Å². The van der Waals surface area contributed by atoms with Gasteiger partial charge in [-0.2, -0.15) is 0 Å². The van der Waals surface area contributed by atoms with Crippen LogP contribution in [-0.4, -0.2) is 36.1 Å². The second kappa shape index (κ2) is 3.58. The molecule has 0 spiro atoms. The Morgan fingerprint density at radius 2 is 1.69 bits per heavy atom. The third-order valence-corrected chi connectivity index (χ3v) is 3.79. The van der Waals surface area contributed by atoms with E-state index < -0.39 is 0 Å². The fourth-order valence-electron chi connectivity index (χ4n) is 3.29. The lowest BCUT2D eigenvalue weighted by Crippen LogP contribution is -2.50. The Morgan fingerprint density at radius 3 is 2.08 bits per heavy atom. The van der Waals surface area contributed by atoms with E-state index in [4.69, 9.17) is 0 Å². The minimum absolute atomic E-state index is 0.746. The predicted molar refractivity (Wildman–Crippen MR) is 55.9 cm³/mol. The lowest BCUT2D eigenvalue weighted by atomic mass is 9.96. The molecule has 2 saturated heterocycles. The molecular weight excluding hydrogens is 160 g/mol. The lowest BCUT2D eigenvalue weighted by Gasteiger charge is -2.41. The number of hydrogen-bond donors (Lipinski definition) is 1. The van der Waals surface area contributed by atoms with E-state index in [0.29, 0.717) is 0 Å². The molecule has 2 heterocycles. The number of hydrogen-bond acceptors (Lipinski definition) is 2. The second-order valence-corrected chi connectivity index (χ2v) is 4.88. The van der Waals surface area contributed by atoms with E-state index in [2.05, 4.69) is 31.1 Å². The van der Waals surface area contributed by atoms with Gasteiger partial charge in [-0.1, -0.05) is 0 Å². The summed E-state index contributed by atoms with van der Waals surface area (Å²) in [6.07, 6.45) is 5.60. The molecule has 3 atom stereocenters. The summed E-state index contributed by atoms with van der Waals surface area (Å²) in [7, 11) is 2.11. The van der Waals surface area contributed by atoms with Crippen molar-refractivity contribution in [2.45, 2.75) is 63.7 Å². The van der Waals surface area contributed by atoms with Gasteiger partial charge in [0.2, 0.25) is 0 Å². The van der Waals surface area contributed by atoms with E-state index in [-0.39, 0.29) is 0 Å². The summed E-state index contributed by atoms with van der Waals surface area (Å²) in [5.41, 5.74) is 0. The molecule has 2 heteroatoms. The van der Waals surface area contributed by atoms with Crippen molar-refractivity contribution in [2.75, 3.05) is 7.05 Å². The van der Waals surface area contributed by atoms with Crippen LogP contribution in [0.4, 0.5) is 0 Å². The quantitative estimate of drug-likeness (QED) is 0.698. The third kappa shape index (κ3) is 1.62. The largest absolute Gasteiger partial charge is 0.317 e.